The van der Waals surface area contributed by atoms with Gasteiger partial charge in [0.1, 0.15) is 0 Å². The number of nitrogens with zero attached hydrogens (tertiary/aromatic N) is 4. The maximum absolute atomic E-state index is 12.9. The monoisotopic (exact) mass is 380 g/mol. The molecule has 2 aliphatic heterocycles. The van der Waals surface area contributed by atoms with Gasteiger partial charge in [0.15, 0.2) is 5.16 Å². The number of aliphatic hydroxyl groups is 1. The second-order valence-electron chi connectivity index (χ2n) is 8.02. The van der Waals surface area contributed by atoms with Gasteiger partial charge in [-0.25, -0.2) is 4.98 Å². The van der Waals surface area contributed by atoms with Crippen molar-refractivity contribution in [1.82, 2.24) is 19.4 Å². The number of hydrogen-bond donors (Lipinski definition) is 1. The van der Waals surface area contributed by atoms with Gasteiger partial charge < -0.3 is 10.0 Å². The Morgan fingerprint density at radius 1 is 1.31 bits per heavy atom. The third-order valence-corrected chi connectivity index (χ3v) is 6.15. The molecule has 0 bridgehead atoms. The Morgan fingerprint density at radius 3 is 2.62 bits per heavy atom. The number of carbonyl (C=O) groups excluding carboxylic acids is 1. The maximum atomic E-state index is 12.9. The van der Waals surface area contributed by atoms with Crippen LogP contribution in [0, 0.1) is 5.92 Å². The molecule has 0 saturated carbocycles. The summed E-state index contributed by atoms with van der Waals surface area (Å²) in [5, 5.41) is 9.74. The highest BCUT2D eigenvalue weighted by Gasteiger charge is 2.32. The Hall–Kier alpha value is -1.38. The zero-order valence-corrected chi connectivity index (χ0v) is 16.6. The molecule has 144 valence electrons. The molecule has 0 aromatic carbocycles. The number of piperazine rings is 1. The van der Waals surface area contributed by atoms with E-state index in [1.807, 2.05) is 25.7 Å². The molecule has 1 N–H and O–H groups in total. The lowest BCUT2D eigenvalue weighted by Crippen LogP contribution is -2.52. The molecular weight excluding hydrogens is 352 g/mol. The van der Waals surface area contributed by atoms with Gasteiger partial charge in [0.05, 0.1) is 18.2 Å². The van der Waals surface area contributed by atoms with Crippen molar-refractivity contribution in [2.24, 2.45) is 5.92 Å². The Bertz CT molecular complexity index is 720. The molecule has 26 heavy (non-hydrogen) atoms. The van der Waals surface area contributed by atoms with Gasteiger partial charge in [0.25, 0.3) is 5.56 Å². The van der Waals surface area contributed by atoms with Gasteiger partial charge in [-0.15, -0.1) is 0 Å². The summed E-state index contributed by atoms with van der Waals surface area (Å²) in [6.45, 7) is 10.3. The lowest BCUT2D eigenvalue weighted by Gasteiger charge is -2.37. The summed E-state index contributed by atoms with van der Waals surface area (Å²) in [6.07, 6.45) is 0. The molecule has 2 aliphatic rings. The summed E-state index contributed by atoms with van der Waals surface area (Å²) in [5.41, 5.74) is 0.555. The van der Waals surface area contributed by atoms with Gasteiger partial charge in [-0.05, 0) is 0 Å². The van der Waals surface area contributed by atoms with Crippen molar-refractivity contribution in [3.05, 3.63) is 22.1 Å². The summed E-state index contributed by atoms with van der Waals surface area (Å²) < 4.78 is 1.65. The molecular formula is C18H28N4O3S. The van der Waals surface area contributed by atoms with Crippen LogP contribution in [0.5, 0.6) is 0 Å². The predicted molar refractivity (Wildman–Crippen MR) is 102 cm³/mol. The number of thioether (sulfide) groups is 1. The Labute approximate surface area is 158 Å². The van der Waals surface area contributed by atoms with Crippen LogP contribution in [0.15, 0.2) is 16.0 Å². The standard InChI is InChI=1S/C18H28N4O3S/c1-18(2,3)14-10-15(24)22-11-13(12-26-17(22)19-14)16(25)21-6-4-20(5-7-21)8-9-23/h10,13,23H,4-9,11-12H2,1-3H3. The van der Waals surface area contributed by atoms with Gasteiger partial charge in [0, 0.05) is 56.5 Å². The third kappa shape index (κ3) is 4.13. The normalized spacial score (nSPS) is 21.5. The van der Waals surface area contributed by atoms with E-state index in [1.165, 1.54) is 11.8 Å². The van der Waals surface area contributed by atoms with E-state index >= 15 is 0 Å². The molecule has 3 heterocycles. The molecule has 1 amide bonds. The van der Waals surface area contributed by atoms with Crippen molar-refractivity contribution >= 4 is 17.7 Å². The quantitative estimate of drug-likeness (QED) is 0.765. The Balaban J connectivity index is 1.69. The molecule has 3 rings (SSSR count). The molecule has 1 saturated heterocycles. The van der Waals surface area contributed by atoms with E-state index < -0.39 is 0 Å². The zero-order valence-electron chi connectivity index (χ0n) is 15.8. The average Bonchev–Trinajstić information content (AvgIpc) is 2.61. The molecule has 7 nitrogen and oxygen atoms in total. The van der Waals surface area contributed by atoms with E-state index in [4.69, 9.17) is 5.11 Å². The largest absolute Gasteiger partial charge is 0.395 e. The molecule has 1 atom stereocenters. The molecule has 1 unspecified atom stereocenters. The van der Waals surface area contributed by atoms with Gasteiger partial charge in [-0.3, -0.25) is 19.1 Å². The van der Waals surface area contributed by atoms with Crippen LogP contribution in [0.2, 0.25) is 0 Å². The molecule has 1 fully saturated rings. The number of carbonyl (C=O) groups is 1. The van der Waals surface area contributed by atoms with Crippen LogP contribution in [-0.4, -0.2) is 75.4 Å². The van der Waals surface area contributed by atoms with Gasteiger partial charge in [-0.1, -0.05) is 32.5 Å². The molecule has 8 heteroatoms. The summed E-state index contributed by atoms with van der Waals surface area (Å²) in [7, 11) is 0. The second kappa shape index (κ2) is 7.70. The first-order valence-corrected chi connectivity index (χ1v) is 10.2. The van der Waals surface area contributed by atoms with Crippen molar-refractivity contribution in [1.29, 1.82) is 0 Å². The van der Waals surface area contributed by atoms with E-state index in [9.17, 15) is 9.59 Å². The lowest BCUT2D eigenvalue weighted by atomic mass is 9.92. The van der Waals surface area contributed by atoms with Crippen LogP contribution in [0.25, 0.3) is 0 Å². The third-order valence-electron chi connectivity index (χ3n) is 5.01. The fourth-order valence-electron chi connectivity index (χ4n) is 3.34. The first-order chi connectivity index (χ1) is 12.3. The highest BCUT2D eigenvalue weighted by Crippen LogP contribution is 2.29. The van der Waals surface area contributed by atoms with Crippen LogP contribution >= 0.6 is 11.8 Å². The molecule has 1 aromatic heterocycles. The van der Waals surface area contributed by atoms with E-state index in [-0.39, 0.29) is 29.4 Å². The first kappa shape index (κ1) is 19.4. The number of rotatable bonds is 3. The van der Waals surface area contributed by atoms with Crippen molar-refractivity contribution < 1.29 is 9.90 Å². The van der Waals surface area contributed by atoms with Gasteiger partial charge in [0.2, 0.25) is 5.91 Å². The highest BCUT2D eigenvalue weighted by molar-refractivity contribution is 7.99. The highest BCUT2D eigenvalue weighted by atomic mass is 32.2. The van der Waals surface area contributed by atoms with E-state index in [2.05, 4.69) is 9.88 Å². The SMILES string of the molecule is CC(C)(C)c1cc(=O)n2c(n1)SCC(C(=O)N1CCN(CCO)CC1)C2. The lowest BCUT2D eigenvalue weighted by molar-refractivity contribution is -0.137. The minimum Gasteiger partial charge on any atom is -0.395 e. The summed E-state index contributed by atoms with van der Waals surface area (Å²) in [4.78, 5) is 34.1. The summed E-state index contributed by atoms with van der Waals surface area (Å²) >= 11 is 1.50. The number of amides is 1. The molecule has 0 radical (unpaired) electrons. The van der Waals surface area contributed by atoms with Crippen LogP contribution in [-0.2, 0) is 16.8 Å². The van der Waals surface area contributed by atoms with Crippen LogP contribution < -0.4 is 5.56 Å². The van der Waals surface area contributed by atoms with Crippen molar-refractivity contribution in [2.75, 3.05) is 45.1 Å². The van der Waals surface area contributed by atoms with Crippen molar-refractivity contribution in [2.45, 2.75) is 37.9 Å². The number of aliphatic hydroxyl groups excluding tert-OH is 1. The summed E-state index contributed by atoms with van der Waals surface area (Å²) in [6, 6.07) is 1.60. The van der Waals surface area contributed by atoms with E-state index in [0.29, 0.717) is 31.9 Å². The Morgan fingerprint density at radius 2 is 2.00 bits per heavy atom. The van der Waals surface area contributed by atoms with Crippen LogP contribution in [0.4, 0.5) is 0 Å². The van der Waals surface area contributed by atoms with Crippen LogP contribution in [0.1, 0.15) is 26.5 Å². The number of aromatic nitrogens is 2. The van der Waals surface area contributed by atoms with Crippen molar-refractivity contribution in [3.8, 4) is 0 Å². The van der Waals surface area contributed by atoms with E-state index in [0.717, 1.165) is 23.9 Å². The van der Waals surface area contributed by atoms with Crippen LogP contribution in [0.3, 0.4) is 0 Å². The zero-order chi connectivity index (χ0) is 18.9. The average molecular weight is 381 g/mol. The number of β-amino-alcohol motifs (C(OH)–C–C–N with tert-alkyl or cyclic N) is 1. The molecule has 1 aromatic rings. The minimum absolute atomic E-state index is 0.0716. The first-order valence-electron chi connectivity index (χ1n) is 9.17. The fourth-order valence-corrected chi connectivity index (χ4v) is 4.42. The molecule has 0 aliphatic carbocycles. The maximum Gasteiger partial charge on any atom is 0.254 e. The van der Waals surface area contributed by atoms with Gasteiger partial charge in [-0.2, -0.15) is 0 Å². The minimum atomic E-state index is -0.183. The predicted octanol–water partition coefficient (Wildman–Crippen LogP) is 0.399. The number of hydrogen-bond acceptors (Lipinski definition) is 6. The molecule has 0 spiro atoms. The van der Waals surface area contributed by atoms with E-state index in [1.54, 1.807) is 10.6 Å². The van der Waals surface area contributed by atoms with Crippen molar-refractivity contribution in [3.63, 3.8) is 0 Å². The smallest absolute Gasteiger partial charge is 0.254 e. The second-order valence-corrected chi connectivity index (χ2v) is 9.01. The topological polar surface area (TPSA) is 78.7 Å². The number of fused-ring (bicyclic) bond motifs is 1. The summed E-state index contributed by atoms with van der Waals surface area (Å²) in [5.74, 6) is 0.603. The van der Waals surface area contributed by atoms with Gasteiger partial charge >= 0.3 is 0 Å². The fraction of sp³-hybridized carbons (Fsp3) is 0.722. The Kier molecular flexibility index (Phi) is 5.74.